The topological polar surface area (TPSA) is 83.1 Å². The van der Waals surface area contributed by atoms with Gasteiger partial charge < -0.3 is 15.0 Å². The minimum atomic E-state index is -0.257. The first-order chi connectivity index (χ1) is 15.5. The molecular formula is C25H27N5O2. The highest BCUT2D eigenvalue weighted by molar-refractivity contribution is 5.76. The van der Waals surface area contributed by atoms with Crippen molar-refractivity contribution in [2.24, 2.45) is 0 Å². The summed E-state index contributed by atoms with van der Waals surface area (Å²) in [4.78, 5) is 25.3. The minimum Gasteiger partial charge on any atom is -0.426 e. The Morgan fingerprint density at radius 3 is 2.44 bits per heavy atom. The molecule has 2 N–H and O–H groups in total. The fourth-order valence-electron chi connectivity index (χ4n) is 3.57. The number of hydrogen-bond acceptors (Lipinski definition) is 6. The first-order valence-corrected chi connectivity index (χ1v) is 10.7. The van der Waals surface area contributed by atoms with E-state index >= 15 is 0 Å². The molecule has 2 aromatic carbocycles. The molecular weight excluding hydrogens is 402 g/mol. The van der Waals surface area contributed by atoms with E-state index in [0.717, 1.165) is 24.3 Å². The Balaban J connectivity index is 1.46. The van der Waals surface area contributed by atoms with Gasteiger partial charge in [-0.25, -0.2) is 0 Å². The number of pyridine rings is 1. The molecule has 0 spiro atoms. The molecule has 32 heavy (non-hydrogen) atoms. The van der Waals surface area contributed by atoms with Crippen molar-refractivity contribution in [2.45, 2.75) is 19.3 Å². The lowest BCUT2D eigenvalue weighted by atomic mass is 9.97. The summed E-state index contributed by atoms with van der Waals surface area (Å²) < 4.78 is 5.76. The van der Waals surface area contributed by atoms with Crippen LogP contribution in [0.5, 0.6) is 11.8 Å². The van der Waals surface area contributed by atoms with Gasteiger partial charge in [0, 0.05) is 24.6 Å². The number of fused-ring (bicyclic) bond motifs is 1. The van der Waals surface area contributed by atoms with Crippen molar-refractivity contribution < 1.29 is 4.74 Å². The lowest BCUT2D eigenvalue weighted by molar-refractivity contribution is 0.443. The van der Waals surface area contributed by atoms with E-state index in [0.29, 0.717) is 22.6 Å². The van der Waals surface area contributed by atoms with Gasteiger partial charge >= 0.3 is 6.01 Å². The first-order valence-electron chi connectivity index (χ1n) is 10.7. The molecule has 0 aliphatic heterocycles. The van der Waals surface area contributed by atoms with E-state index in [1.807, 2.05) is 38.4 Å². The number of anilines is 2. The van der Waals surface area contributed by atoms with Crippen molar-refractivity contribution in [3.63, 3.8) is 0 Å². The maximum atomic E-state index is 12.2. The molecule has 0 aliphatic carbocycles. The second-order valence-corrected chi connectivity index (χ2v) is 7.80. The van der Waals surface area contributed by atoms with Gasteiger partial charge in [0.05, 0.1) is 17.1 Å². The Morgan fingerprint density at radius 2 is 1.75 bits per heavy atom. The van der Waals surface area contributed by atoms with E-state index < -0.39 is 0 Å². The third kappa shape index (κ3) is 4.78. The van der Waals surface area contributed by atoms with Gasteiger partial charge in [0.15, 0.2) is 0 Å². The minimum absolute atomic E-state index is 0.139. The molecule has 4 rings (SSSR count). The summed E-state index contributed by atoms with van der Waals surface area (Å²) in [6.45, 7) is 3.26. The fourth-order valence-corrected chi connectivity index (χ4v) is 3.57. The summed E-state index contributed by atoms with van der Waals surface area (Å²) in [6.07, 6.45) is 4.22. The number of ether oxygens (including phenoxy) is 1. The zero-order chi connectivity index (χ0) is 22.5. The molecule has 0 saturated heterocycles. The highest BCUT2D eigenvalue weighted by Crippen LogP contribution is 2.28. The largest absolute Gasteiger partial charge is 0.426 e. The van der Waals surface area contributed by atoms with Crippen molar-refractivity contribution >= 4 is 22.3 Å². The lowest BCUT2D eigenvalue weighted by Gasteiger charge is -2.21. The van der Waals surface area contributed by atoms with Crippen molar-refractivity contribution in [2.75, 3.05) is 25.5 Å². The number of aromatic amines is 1. The Bertz CT molecular complexity index is 1240. The maximum absolute atomic E-state index is 12.2. The number of rotatable bonds is 8. The monoisotopic (exact) mass is 429 g/mol. The average Bonchev–Trinajstić information content (AvgIpc) is 2.83. The molecule has 7 heteroatoms. The smallest absolute Gasteiger partial charge is 0.302 e. The molecule has 0 fully saturated rings. The van der Waals surface area contributed by atoms with Gasteiger partial charge in [-0.2, -0.15) is 4.98 Å². The Morgan fingerprint density at radius 1 is 1.06 bits per heavy atom. The third-order valence-corrected chi connectivity index (χ3v) is 5.60. The van der Waals surface area contributed by atoms with Gasteiger partial charge in [0.2, 0.25) is 0 Å². The summed E-state index contributed by atoms with van der Waals surface area (Å²) in [7, 11) is 4.01. The van der Waals surface area contributed by atoms with E-state index in [1.165, 1.54) is 5.56 Å². The van der Waals surface area contributed by atoms with Crippen molar-refractivity contribution in [1.29, 1.82) is 0 Å². The van der Waals surface area contributed by atoms with Gasteiger partial charge in [-0.15, -0.1) is 0 Å². The van der Waals surface area contributed by atoms with Gasteiger partial charge in [0.1, 0.15) is 5.75 Å². The van der Waals surface area contributed by atoms with Crippen LogP contribution in [-0.2, 0) is 0 Å². The van der Waals surface area contributed by atoms with E-state index in [1.54, 1.807) is 18.5 Å². The summed E-state index contributed by atoms with van der Waals surface area (Å²) in [5.41, 5.74) is 3.71. The van der Waals surface area contributed by atoms with Crippen LogP contribution in [0.15, 0.2) is 71.8 Å². The number of benzene rings is 2. The van der Waals surface area contributed by atoms with E-state index in [2.05, 4.69) is 56.4 Å². The number of H-pyrrole nitrogens is 1. The van der Waals surface area contributed by atoms with E-state index in [-0.39, 0.29) is 11.6 Å². The molecule has 0 saturated carbocycles. The van der Waals surface area contributed by atoms with Crippen LogP contribution in [0.25, 0.3) is 10.9 Å². The normalized spacial score (nSPS) is 12.0. The summed E-state index contributed by atoms with van der Waals surface area (Å²) in [5.74, 6) is 1.10. The number of aromatic nitrogens is 3. The number of hydrogen-bond donors (Lipinski definition) is 2. The SMILES string of the molecule is CNCCC(C)c1ccc(N(C)c2ccc(Oc3nc4cnccc4c(=O)[nH]3)cc2)cc1. The van der Waals surface area contributed by atoms with Crippen molar-refractivity contribution in [3.8, 4) is 11.8 Å². The highest BCUT2D eigenvalue weighted by atomic mass is 16.5. The van der Waals surface area contributed by atoms with Crippen LogP contribution in [-0.4, -0.2) is 35.6 Å². The number of nitrogens with one attached hydrogen (secondary N) is 2. The molecule has 2 heterocycles. The molecule has 0 radical (unpaired) electrons. The maximum Gasteiger partial charge on any atom is 0.302 e. The molecule has 164 valence electrons. The zero-order valence-corrected chi connectivity index (χ0v) is 18.5. The van der Waals surface area contributed by atoms with Gasteiger partial charge in [-0.3, -0.25) is 14.8 Å². The molecule has 0 aliphatic rings. The Kier molecular flexibility index (Phi) is 6.47. The highest BCUT2D eigenvalue weighted by Gasteiger charge is 2.09. The molecule has 2 aromatic heterocycles. The van der Waals surface area contributed by atoms with Gasteiger partial charge in [-0.05, 0) is 74.0 Å². The molecule has 4 aromatic rings. The predicted molar refractivity (Wildman–Crippen MR) is 128 cm³/mol. The Hall–Kier alpha value is -3.71. The quantitative estimate of drug-likeness (QED) is 0.426. The molecule has 0 bridgehead atoms. The molecule has 0 amide bonds. The van der Waals surface area contributed by atoms with Crippen LogP contribution in [0.1, 0.15) is 24.8 Å². The van der Waals surface area contributed by atoms with Crippen molar-refractivity contribution in [1.82, 2.24) is 20.3 Å². The summed E-state index contributed by atoms with van der Waals surface area (Å²) in [5, 5.41) is 3.69. The second-order valence-electron chi connectivity index (χ2n) is 7.80. The lowest BCUT2D eigenvalue weighted by Crippen LogP contribution is -2.11. The van der Waals surface area contributed by atoms with Crippen LogP contribution in [0.3, 0.4) is 0 Å². The second kappa shape index (κ2) is 9.62. The number of nitrogens with zero attached hydrogens (tertiary/aromatic N) is 3. The zero-order valence-electron chi connectivity index (χ0n) is 18.5. The van der Waals surface area contributed by atoms with Crippen LogP contribution in [0.4, 0.5) is 11.4 Å². The molecule has 1 unspecified atom stereocenters. The molecule has 7 nitrogen and oxygen atoms in total. The van der Waals surface area contributed by atoms with Crippen LogP contribution in [0.2, 0.25) is 0 Å². The standard InChI is InChI=1S/C25H27N5O2/c1-17(12-14-26-2)18-4-6-19(7-5-18)30(3)20-8-10-21(11-9-20)32-25-28-23-16-27-15-13-22(23)24(31)29-25/h4-11,13,15-17,26H,12,14H2,1-3H3,(H,28,29,31). The van der Waals surface area contributed by atoms with Crippen LogP contribution < -0.4 is 20.5 Å². The summed E-state index contributed by atoms with van der Waals surface area (Å²) in [6, 6.07) is 18.1. The van der Waals surface area contributed by atoms with Gasteiger partial charge in [0.25, 0.3) is 5.56 Å². The Labute approximate surface area is 187 Å². The summed E-state index contributed by atoms with van der Waals surface area (Å²) >= 11 is 0. The molecule has 1 atom stereocenters. The average molecular weight is 430 g/mol. The van der Waals surface area contributed by atoms with Gasteiger partial charge in [-0.1, -0.05) is 19.1 Å². The van der Waals surface area contributed by atoms with Crippen LogP contribution in [0, 0.1) is 0 Å². The van der Waals surface area contributed by atoms with E-state index in [9.17, 15) is 4.79 Å². The predicted octanol–water partition coefficient (Wildman–Crippen LogP) is 4.59. The fraction of sp³-hybridized carbons (Fsp3) is 0.240. The van der Waals surface area contributed by atoms with Crippen molar-refractivity contribution in [3.05, 3.63) is 82.9 Å². The first kappa shape index (κ1) is 21.5. The van der Waals surface area contributed by atoms with Crippen LogP contribution >= 0.6 is 0 Å². The third-order valence-electron chi connectivity index (χ3n) is 5.60. The van der Waals surface area contributed by atoms with E-state index in [4.69, 9.17) is 4.74 Å².